The molecule has 1 fully saturated rings. The zero-order valence-electron chi connectivity index (χ0n) is 8.65. The minimum Gasteiger partial charge on any atom is -0.550 e. The van der Waals surface area contributed by atoms with Crippen molar-refractivity contribution in [2.24, 2.45) is 0 Å². The standard InChI is InChI=1S/C8H14N2O3.Li/c1-9-2-4-10(5-3-9)7(11)6-8(12)13;/h2-6H2,1H3,(H,12,13);/q;+1/p-1. The van der Waals surface area contributed by atoms with Gasteiger partial charge in [-0.05, 0) is 7.05 Å². The summed E-state index contributed by atoms with van der Waals surface area (Å²) in [6, 6.07) is 0. The molecule has 5 nitrogen and oxygen atoms in total. The Labute approximate surface area is 95.2 Å². The van der Waals surface area contributed by atoms with Crippen LogP contribution in [0.5, 0.6) is 0 Å². The number of aliphatic carboxylic acids is 1. The second kappa shape index (κ2) is 6.07. The van der Waals surface area contributed by atoms with Gasteiger partial charge in [0, 0.05) is 26.2 Å². The number of carboxylic acids is 1. The van der Waals surface area contributed by atoms with E-state index in [0.717, 1.165) is 13.1 Å². The molecular formula is C8H13LiN2O3. The molecule has 0 unspecified atom stereocenters. The molecule has 1 aliphatic heterocycles. The quantitative estimate of drug-likeness (QED) is 0.324. The zero-order chi connectivity index (χ0) is 9.84. The number of hydrogen-bond donors (Lipinski definition) is 0. The van der Waals surface area contributed by atoms with Crippen molar-refractivity contribution < 1.29 is 33.6 Å². The van der Waals surface area contributed by atoms with Crippen molar-refractivity contribution in [3.63, 3.8) is 0 Å². The maximum atomic E-state index is 11.2. The third-order valence-electron chi connectivity index (χ3n) is 2.15. The van der Waals surface area contributed by atoms with Crippen molar-refractivity contribution in [2.45, 2.75) is 6.42 Å². The summed E-state index contributed by atoms with van der Waals surface area (Å²) in [7, 11) is 1.97. The Bertz CT molecular complexity index is 215. The van der Waals surface area contributed by atoms with Crippen LogP contribution < -0.4 is 24.0 Å². The Balaban J connectivity index is 0.00000169. The Kier molecular flexibility index (Phi) is 5.85. The molecule has 0 spiro atoms. The summed E-state index contributed by atoms with van der Waals surface area (Å²) in [6.07, 6.45) is -0.496. The van der Waals surface area contributed by atoms with Gasteiger partial charge in [0.1, 0.15) is 0 Å². The van der Waals surface area contributed by atoms with Crippen LogP contribution in [0.2, 0.25) is 0 Å². The molecule has 0 aromatic carbocycles. The van der Waals surface area contributed by atoms with E-state index in [2.05, 4.69) is 4.90 Å². The van der Waals surface area contributed by atoms with Gasteiger partial charge in [0.05, 0.1) is 12.4 Å². The summed E-state index contributed by atoms with van der Waals surface area (Å²) in [4.78, 5) is 25.0. The summed E-state index contributed by atoms with van der Waals surface area (Å²) in [5.74, 6) is -1.64. The van der Waals surface area contributed by atoms with Gasteiger partial charge in [0.2, 0.25) is 5.91 Å². The largest absolute Gasteiger partial charge is 1.00 e. The molecule has 0 aromatic rings. The third-order valence-corrected chi connectivity index (χ3v) is 2.15. The van der Waals surface area contributed by atoms with Crippen molar-refractivity contribution >= 4 is 11.9 Å². The van der Waals surface area contributed by atoms with E-state index in [1.807, 2.05) is 7.05 Å². The van der Waals surface area contributed by atoms with Crippen LogP contribution in [0.4, 0.5) is 0 Å². The number of likely N-dealkylation sites (N-methyl/N-ethyl adjacent to an activating group) is 1. The minimum absolute atomic E-state index is 0. The molecule has 1 rings (SSSR count). The van der Waals surface area contributed by atoms with Crippen LogP contribution in [-0.4, -0.2) is 54.9 Å². The van der Waals surface area contributed by atoms with Gasteiger partial charge in [0.15, 0.2) is 0 Å². The first-order chi connectivity index (χ1) is 6.09. The monoisotopic (exact) mass is 192 g/mol. The molecule has 1 aliphatic rings. The summed E-state index contributed by atoms with van der Waals surface area (Å²) < 4.78 is 0. The van der Waals surface area contributed by atoms with Gasteiger partial charge in [-0.15, -0.1) is 0 Å². The molecular weight excluding hydrogens is 179 g/mol. The van der Waals surface area contributed by atoms with Crippen molar-refractivity contribution in [3.05, 3.63) is 0 Å². The molecule has 0 N–H and O–H groups in total. The van der Waals surface area contributed by atoms with Crippen molar-refractivity contribution in [1.82, 2.24) is 9.80 Å². The summed E-state index contributed by atoms with van der Waals surface area (Å²) in [5, 5.41) is 10.1. The molecule has 14 heavy (non-hydrogen) atoms. The van der Waals surface area contributed by atoms with E-state index in [1.54, 1.807) is 4.90 Å². The number of nitrogens with zero attached hydrogens (tertiary/aromatic N) is 2. The molecule has 0 bridgehead atoms. The van der Waals surface area contributed by atoms with E-state index < -0.39 is 12.4 Å². The first kappa shape index (κ1) is 13.5. The molecule has 0 aliphatic carbocycles. The Hall–Kier alpha value is -0.503. The number of carboxylic acid groups (broad SMARTS) is 1. The number of piperazine rings is 1. The first-order valence-corrected chi connectivity index (χ1v) is 4.26. The predicted molar refractivity (Wildman–Crippen MR) is 43.7 cm³/mol. The minimum atomic E-state index is -1.30. The van der Waals surface area contributed by atoms with E-state index in [9.17, 15) is 14.7 Å². The smallest absolute Gasteiger partial charge is 0.550 e. The summed E-state index contributed by atoms with van der Waals surface area (Å²) in [5.41, 5.74) is 0. The van der Waals surface area contributed by atoms with E-state index in [0.29, 0.717) is 13.1 Å². The number of carbonyl (C=O) groups excluding carboxylic acids is 2. The van der Waals surface area contributed by atoms with Gasteiger partial charge in [0.25, 0.3) is 0 Å². The Morgan fingerprint density at radius 3 is 2.14 bits per heavy atom. The summed E-state index contributed by atoms with van der Waals surface area (Å²) >= 11 is 0. The van der Waals surface area contributed by atoms with Crippen molar-refractivity contribution in [3.8, 4) is 0 Å². The summed E-state index contributed by atoms with van der Waals surface area (Å²) in [6.45, 7) is 2.84. The predicted octanol–water partition coefficient (Wildman–Crippen LogP) is -5.10. The molecule has 1 amide bonds. The van der Waals surface area contributed by atoms with Gasteiger partial charge in [-0.2, -0.15) is 0 Å². The molecule has 1 saturated heterocycles. The fraction of sp³-hybridized carbons (Fsp3) is 0.750. The maximum Gasteiger partial charge on any atom is 1.00 e. The second-order valence-corrected chi connectivity index (χ2v) is 3.23. The van der Waals surface area contributed by atoms with Crippen molar-refractivity contribution in [1.29, 1.82) is 0 Å². The van der Waals surface area contributed by atoms with Gasteiger partial charge >= 0.3 is 18.9 Å². The molecule has 74 valence electrons. The van der Waals surface area contributed by atoms with Gasteiger partial charge in [-0.1, -0.05) is 0 Å². The van der Waals surface area contributed by atoms with Gasteiger partial charge in [-0.25, -0.2) is 0 Å². The average molecular weight is 192 g/mol. The average Bonchev–Trinajstić information content (AvgIpc) is 2.04. The van der Waals surface area contributed by atoms with Crippen LogP contribution in [0.1, 0.15) is 6.42 Å². The first-order valence-electron chi connectivity index (χ1n) is 4.26. The van der Waals surface area contributed by atoms with E-state index in [1.165, 1.54) is 0 Å². The SMILES string of the molecule is CN1CCN(C(=O)CC(=O)[O-])CC1.[Li+]. The Morgan fingerprint density at radius 1 is 1.21 bits per heavy atom. The van der Waals surface area contributed by atoms with Gasteiger partial charge < -0.3 is 19.7 Å². The number of amides is 1. The second-order valence-electron chi connectivity index (χ2n) is 3.23. The molecule has 0 atom stereocenters. The normalized spacial score (nSPS) is 17.4. The van der Waals surface area contributed by atoms with E-state index >= 15 is 0 Å². The molecule has 0 aromatic heterocycles. The molecule has 6 heteroatoms. The molecule has 0 radical (unpaired) electrons. The van der Waals surface area contributed by atoms with Crippen LogP contribution >= 0.6 is 0 Å². The van der Waals surface area contributed by atoms with Crippen LogP contribution in [0.15, 0.2) is 0 Å². The molecule has 1 heterocycles. The van der Waals surface area contributed by atoms with Crippen LogP contribution in [-0.2, 0) is 9.59 Å². The molecule has 0 saturated carbocycles. The number of hydrogen-bond acceptors (Lipinski definition) is 4. The van der Waals surface area contributed by atoms with Crippen LogP contribution in [0.25, 0.3) is 0 Å². The zero-order valence-corrected chi connectivity index (χ0v) is 8.65. The van der Waals surface area contributed by atoms with Crippen molar-refractivity contribution in [2.75, 3.05) is 33.2 Å². The van der Waals surface area contributed by atoms with Crippen LogP contribution in [0.3, 0.4) is 0 Å². The fourth-order valence-electron chi connectivity index (χ4n) is 1.29. The van der Waals surface area contributed by atoms with E-state index in [4.69, 9.17) is 0 Å². The van der Waals surface area contributed by atoms with E-state index in [-0.39, 0.29) is 24.8 Å². The maximum absolute atomic E-state index is 11.2. The van der Waals surface area contributed by atoms with Gasteiger partial charge in [-0.3, -0.25) is 4.79 Å². The fourth-order valence-corrected chi connectivity index (χ4v) is 1.29. The third kappa shape index (κ3) is 4.14. The number of carbonyl (C=O) groups is 2. The topological polar surface area (TPSA) is 63.7 Å². The van der Waals surface area contributed by atoms with Crippen LogP contribution in [0, 0.1) is 0 Å². The Morgan fingerprint density at radius 2 is 1.71 bits per heavy atom. The number of rotatable bonds is 2.